The summed E-state index contributed by atoms with van der Waals surface area (Å²) in [7, 11) is 0. The molecule has 4 rings (SSSR count). The SMILES string of the molecule is C[C@@H](COc1ccnc(N2CCN(c3ncc(C(F)(F)F)cn3)C[C@@H]2O)c1Cl)Nc1cn[nH]c(=O)c1C(F)(F)F. The molecule has 0 saturated carbocycles. The number of ether oxygens (including phenoxy) is 1. The molecule has 4 heterocycles. The minimum Gasteiger partial charge on any atom is -0.490 e. The number of H-pyrrole nitrogens is 1. The second-order valence-electron chi connectivity index (χ2n) is 8.68. The lowest BCUT2D eigenvalue weighted by Gasteiger charge is -2.39. The lowest BCUT2D eigenvalue weighted by atomic mass is 10.2. The van der Waals surface area contributed by atoms with Crippen LogP contribution in [0, 0.1) is 0 Å². The molecule has 1 aliphatic heterocycles. The highest BCUT2D eigenvalue weighted by Crippen LogP contribution is 2.35. The number of anilines is 3. The van der Waals surface area contributed by atoms with Crippen molar-refractivity contribution in [2.75, 3.05) is 41.4 Å². The molecule has 1 fully saturated rings. The van der Waals surface area contributed by atoms with Crippen molar-refractivity contribution in [3.8, 4) is 5.75 Å². The van der Waals surface area contributed by atoms with Gasteiger partial charge >= 0.3 is 12.4 Å². The zero-order valence-electron chi connectivity index (χ0n) is 20.5. The summed E-state index contributed by atoms with van der Waals surface area (Å²) in [4.78, 5) is 26.3. The lowest BCUT2D eigenvalue weighted by molar-refractivity contribution is -0.139. The van der Waals surface area contributed by atoms with Gasteiger partial charge in [-0.15, -0.1) is 0 Å². The molecule has 11 nitrogen and oxygen atoms in total. The molecule has 18 heteroatoms. The summed E-state index contributed by atoms with van der Waals surface area (Å²) in [5.74, 6) is 0.285. The molecule has 0 bridgehead atoms. The number of halogens is 7. The highest BCUT2D eigenvalue weighted by Gasteiger charge is 2.38. The summed E-state index contributed by atoms with van der Waals surface area (Å²) < 4.78 is 83.8. The topological polar surface area (TPSA) is 132 Å². The number of alkyl halides is 6. The standard InChI is InChI=1S/C22H21ClF6N8O3/c1-11(34-13-8-33-35-19(39)16(13)22(27,28)29)10-40-14-2-3-30-18(17(14)23)37-5-4-36(9-15(37)38)20-31-6-12(7-32-20)21(24,25)26/h2-3,6-8,11,15,38H,4-5,9-10H2,1H3,(H2,34,35,39)/t11-,15-/m0/s1. The molecule has 1 aliphatic rings. The van der Waals surface area contributed by atoms with E-state index in [9.17, 15) is 36.2 Å². The summed E-state index contributed by atoms with van der Waals surface area (Å²) >= 11 is 6.46. The number of β-amino-alcohol motifs (C(OH)–C–C–N with tert-alkyl or cyclic N) is 1. The molecule has 2 atom stereocenters. The Labute approximate surface area is 226 Å². The highest BCUT2D eigenvalue weighted by atomic mass is 35.5. The van der Waals surface area contributed by atoms with Crippen molar-refractivity contribution in [1.82, 2.24) is 25.1 Å². The van der Waals surface area contributed by atoms with Crippen LogP contribution < -0.4 is 25.4 Å². The van der Waals surface area contributed by atoms with Crippen LogP contribution in [0.1, 0.15) is 18.1 Å². The number of pyridine rings is 1. The van der Waals surface area contributed by atoms with Crippen LogP contribution in [-0.2, 0) is 12.4 Å². The Morgan fingerprint density at radius 3 is 2.48 bits per heavy atom. The van der Waals surface area contributed by atoms with Crippen LogP contribution in [0.15, 0.2) is 35.6 Å². The number of piperazine rings is 1. The lowest BCUT2D eigenvalue weighted by Crippen LogP contribution is -2.54. The van der Waals surface area contributed by atoms with Gasteiger partial charge in [-0.05, 0) is 6.92 Å². The maximum atomic E-state index is 13.3. The van der Waals surface area contributed by atoms with E-state index in [2.05, 4.69) is 25.4 Å². The van der Waals surface area contributed by atoms with Crippen molar-refractivity contribution in [2.45, 2.75) is 31.5 Å². The Kier molecular flexibility index (Phi) is 8.25. The summed E-state index contributed by atoms with van der Waals surface area (Å²) in [6.45, 7) is 1.65. The second kappa shape index (κ2) is 11.3. The summed E-state index contributed by atoms with van der Waals surface area (Å²) in [6, 6.07) is 0.697. The Bertz CT molecular complexity index is 1390. The van der Waals surface area contributed by atoms with E-state index < -0.39 is 47.0 Å². The maximum Gasteiger partial charge on any atom is 0.423 e. The molecular formula is C22H21ClF6N8O3. The average Bonchev–Trinajstić information content (AvgIpc) is 2.87. The van der Waals surface area contributed by atoms with Crippen molar-refractivity contribution < 1.29 is 36.2 Å². The van der Waals surface area contributed by atoms with E-state index in [1.54, 1.807) is 5.10 Å². The fraction of sp³-hybridized carbons (Fsp3) is 0.409. The third-order valence-corrected chi connectivity index (χ3v) is 6.10. The molecule has 3 N–H and O–H groups in total. The van der Waals surface area contributed by atoms with Crippen LogP contribution in [0.25, 0.3) is 0 Å². The smallest absolute Gasteiger partial charge is 0.423 e. The first-order valence-electron chi connectivity index (χ1n) is 11.5. The van der Waals surface area contributed by atoms with Crippen molar-refractivity contribution in [2.24, 2.45) is 0 Å². The first-order chi connectivity index (χ1) is 18.8. The minimum atomic E-state index is -4.91. The number of nitrogens with zero attached hydrogens (tertiary/aromatic N) is 6. The number of hydrogen-bond donors (Lipinski definition) is 3. The zero-order valence-corrected chi connectivity index (χ0v) is 21.2. The van der Waals surface area contributed by atoms with Crippen LogP contribution in [0.4, 0.5) is 43.8 Å². The molecule has 0 unspecified atom stereocenters. The maximum absolute atomic E-state index is 13.3. The van der Waals surface area contributed by atoms with E-state index >= 15 is 0 Å². The first kappa shape index (κ1) is 29.1. The highest BCUT2D eigenvalue weighted by molar-refractivity contribution is 6.34. The normalized spacial score (nSPS) is 17.1. The summed E-state index contributed by atoms with van der Waals surface area (Å²) in [5, 5.41) is 18.4. The van der Waals surface area contributed by atoms with Crippen LogP contribution in [-0.4, -0.2) is 68.8 Å². The number of hydrogen-bond acceptors (Lipinski definition) is 10. The molecule has 40 heavy (non-hydrogen) atoms. The first-order valence-corrected chi connectivity index (χ1v) is 11.9. The third-order valence-electron chi connectivity index (χ3n) is 5.74. The molecule has 0 amide bonds. The van der Waals surface area contributed by atoms with E-state index in [0.29, 0.717) is 12.4 Å². The van der Waals surface area contributed by atoms with Gasteiger partial charge in [0.25, 0.3) is 5.56 Å². The molecule has 216 valence electrons. The molecular weight excluding hydrogens is 574 g/mol. The van der Waals surface area contributed by atoms with Crippen molar-refractivity contribution in [3.05, 3.63) is 57.4 Å². The van der Waals surface area contributed by atoms with Gasteiger partial charge in [-0.2, -0.15) is 31.4 Å². The Hall–Kier alpha value is -3.86. The van der Waals surface area contributed by atoms with E-state index in [-0.39, 0.29) is 48.8 Å². The fourth-order valence-electron chi connectivity index (χ4n) is 3.86. The van der Waals surface area contributed by atoms with Gasteiger partial charge in [0.1, 0.15) is 29.2 Å². The van der Waals surface area contributed by atoms with Gasteiger partial charge < -0.3 is 25.0 Å². The molecule has 1 saturated heterocycles. The van der Waals surface area contributed by atoms with Gasteiger partial charge in [0.2, 0.25) is 5.95 Å². The van der Waals surface area contributed by atoms with Crippen molar-refractivity contribution >= 4 is 29.1 Å². The Balaban J connectivity index is 1.41. The molecule has 0 spiro atoms. The van der Waals surface area contributed by atoms with Gasteiger partial charge in [0.15, 0.2) is 5.82 Å². The van der Waals surface area contributed by atoms with Crippen molar-refractivity contribution in [3.63, 3.8) is 0 Å². The largest absolute Gasteiger partial charge is 0.490 e. The van der Waals surface area contributed by atoms with Gasteiger partial charge in [0, 0.05) is 37.7 Å². The number of nitrogens with one attached hydrogen (secondary N) is 2. The van der Waals surface area contributed by atoms with Gasteiger partial charge in [-0.25, -0.2) is 20.1 Å². The van der Waals surface area contributed by atoms with Crippen LogP contribution in [0.5, 0.6) is 5.75 Å². The summed E-state index contributed by atoms with van der Waals surface area (Å²) in [5.41, 5.74) is -4.33. The molecule has 0 aliphatic carbocycles. The zero-order chi connectivity index (χ0) is 29.2. The number of aromatic amines is 1. The predicted octanol–water partition coefficient (Wildman–Crippen LogP) is 3.17. The third kappa shape index (κ3) is 6.47. The fourth-order valence-corrected chi connectivity index (χ4v) is 4.14. The van der Waals surface area contributed by atoms with Crippen molar-refractivity contribution in [1.29, 1.82) is 0 Å². The van der Waals surface area contributed by atoms with E-state index in [0.717, 1.165) is 6.20 Å². The number of rotatable bonds is 7. The minimum absolute atomic E-state index is 0.00798. The Morgan fingerprint density at radius 2 is 1.85 bits per heavy atom. The van der Waals surface area contributed by atoms with Gasteiger partial charge in [-0.1, -0.05) is 11.6 Å². The number of aliphatic hydroxyl groups is 1. The molecule has 0 radical (unpaired) electrons. The quantitative estimate of drug-likeness (QED) is 0.350. The monoisotopic (exact) mass is 594 g/mol. The predicted molar refractivity (Wildman–Crippen MR) is 130 cm³/mol. The number of aromatic nitrogens is 5. The molecule has 3 aromatic heterocycles. The van der Waals surface area contributed by atoms with Gasteiger partial charge in [-0.3, -0.25) is 4.79 Å². The number of aliphatic hydroxyl groups excluding tert-OH is 1. The summed E-state index contributed by atoms with van der Waals surface area (Å²) in [6.07, 6.45) is -7.16. The molecule has 3 aromatic rings. The molecule has 0 aromatic carbocycles. The van der Waals surface area contributed by atoms with E-state index in [1.165, 1.54) is 29.0 Å². The Morgan fingerprint density at radius 1 is 1.15 bits per heavy atom. The average molecular weight is 595 g/mol. The second-order valence-corrected chi connectivity index (χ2v) is 9.06. The van der Waals surface area contributed by atoms with Crippen LogP contribution in [0.2, 0.25) is 5.02 Å². The van der Waals surface area contributed by atoms with E-state index in [4.69, 9.17) is 16.3 Å². The van der Waals surface area contributed by atoms with Crippen LogP contribution in [0.3, 0.4) is 0 Å². The van der Waals surface area contributed by atoms with Crippen LogP contribution >= 0.6 is 11.6 Å². The van der Waals surface area contributed by atoms with E-state index in [1.807, 2.05) is 0 Å². The van der Waals surface area contributed by atoms with Gasteiger partial charge in [0.05, 0.1) is 30.0 Å².